The third kappa shape index (κ3) is 2.74. The lowest BCUT2D eigenvalue weighted by Crippen LogP contribution is -1.93. The van der Waals surface area contributed by atoms with Crippen molar-refractivity contribution in [1.82, 2.24) is 0 Å². The zero-order valence-corrected chi connectivity index (χ0v) is 9.92. The van der Waals surface area contributed by atoms with Crippen molar-refractivity contribution in [3.05, 3.63) is 46.9 Å². The summed E-state index contributed by atoms with van der Waals surface area (Å²) in [6.07, 6.45) is 0.246. The van der Waals surface area contributed by atoms with E-state index in [2.05, 4.69) is 0 Å². The van der Waals surface area contributed by atoms with Crippen molar-refractivity contribution in [1.29, 1.82) is 0 Å². The number of Topliss-reactive ketones (excluding diaryl/α,β-unsaturated/α-hetero) is 1. The summed E-state index contributed by atoms with van der Waals surface area (Å²) in [5, 5.41) is 0.0734. The highest BCUT2D eigenvalue weighted by Gasteiger charge is 2.08. The van der Waals surface area contributed by atoms with Crippen molar-refractivity contribution < 1.29 is 13.6 Å². The van der Waals surface area contributed by atoms with Crippen LogP contribution in [0.4, 0.5) is 4.39 Å². The molecule has 0 aliphatic carbocycles. The third-order valence-corrected chi connectivity index (χ3v) is 2.60. The first-order valence-corrected chi connectivity index (χ1v) is 5.47. The van der Waals surface area contributed by atoms with E-state index < -0.39 is 5.82 Å². The zero-order chi connectivity index (χ0) is 12.4. The number of furan rings is 1. The smallest absolute Gasteiger partial charge is 0.142 e. The molecule has 2 aromatic rings. The lowest BCUT2D eigenvalue weighted by atomic mass is 10.2. The van der Waals surface area contributed by atoms with E-state index >= 15 is 0 Å². The molecule has 0 spiro atoms. The van der Waals surface area contributed by atoms with Gasteiger partial charge in [-0.15, -0.1) is 0 Å². The Morgan fingerprint density at radius 1 is 1.35 bits per heavy atom. The normalized spacial score (nSPS) is 10.5. The summed E-state index contributed by atoms with van der Waals surface area (Å²) < 4.78 is 18.7. The summed E-state index contributed by atoms with van der Waals surface area (Å²) in [6, 6.07) is 7.87. The fourth-order valence-corrected chi connectivity index (χ4v) is 1.64. The number of ketones is 1. The van der Waals surface area contributed by atoms with Crippen LogP contribution in [0, 0.1) is 5.82 Å². The summed E-state index contributed by atoms with van der Waals surface area (Å²) in [6.45, 7) is 1.49. The standard InChI is InChI=1S/C13H10ClFO2/c1-8(16)6-10-3-5-13(17-10)9-2-4-11(14)12(15)7-9/h2-5,7H,6H2,1H3. The lowest BCUT2D eigenvalue weighted by molar-refractivity contribution is -0.116. The van der Waals surface area contributed by atoms with Crippen LogP contribution in [0.2, 0.25) is 5.02 Å². The molecule has 0 fully saturated rings. The average Bonchev–Trinajstić information content (AvgIpc) is 2.69. The Morgan fingerprint density at radius 3 is 2.76 bits per heavy atom. The molecule has 0 amide bonds. The largest absolute Gasteiger partial charge is 0.461 e. The molecule has 17 heavy (non-hydrogen) atoms. The lowest BCUT2D eigenvalue weighted by Gasteiger charge is -1.99. The molecule has 0 saturated heterocycles. The van der Waals surface area contributed by atoms with Crippen LogP contribution in [0.1, 0.15) is 12.7 Å². The van der Waals surface area contributed by atoms with Crippen molar-refractivity contribution in [2.75, 3.05) is 0 Å². The number of rotatable bonds is 3. The number of benzene rings is 1. The maximum Gasteiger partial charge on any atom is 0.142 e. The van der Waals surface area contributed by atoms with Gasteiger partial charge in [-0.3, -0.25) is 4.79 Å². The van der Waals surface area contributed by atoms with Gasteiger partial charge in [0.15, 0.2) is 0 Å². The highest BCUT2D eigenvalue weighted by Crippen LogP contribution is 2.26. The molecule has 1 heterocycles. The fraction of sp³-hybridized carbons (Fsp3) is 0.154. The molecule has 0 atom stereocenters. The van der Waals surface area contributed by atoms with E-state index in [1.54, 1.807) is 18.2 Å². The van der Waals surface area contributed by atoms with Crippen LogP contribution in [0.15, 0.2) is 34.7 Å². The van der Waals surface area contributed by atoms with E-state index in [0.29, 0.717) is 17.1 Å². The van der Waals surface area contributed by atoms with Crippen LogP contribution in [0.5, 0.6) is 0 Å². The quantitative estimate of drug-likeness (QED) is 0.830. The molecule has 0 aliphatic heterocycles. The monoisotopic (exact) mass is 252 g/mol. The van der Waals surface area contributed by atoms with Gasteiger partial charge in [0.1, 0.15) is 23.1 Å². The van der Waals surface area contributed by atoms with Gasteiger partial charge in [0.2, 0.25) is 0 Å². The first-order valence-electron chi connectivity index (χ1n) is 5.10. The molecule has 88 valence electrons. The molecule has 1 aromatic carbocycles. The third-order valence-electron chi connectivity index (χ3n) is 2.29. The van der Waals surface area contributed by atoms with Crippen molar-refractivity contribution in [3.8, 4) is 11.3 Å². The Labute approximate surface area is 103 Å². The molecular formula is C13H10ClFO2. The van der Waals surface area contributed by atoms with Gasteiger partial charge in [0.05, 0.1) is 11.4 Å². The number of halogens is 2. The Kier molecular flexibility index (Phi) is 3.29. The number of hydrogen-bond donors (Lipinski definition) is 0. The summed E-state index contributed by atoms with van der Waals surface area (Å²) in [5.41, 5.74) is 0.599. The highest BCUT2D eigenvalue weighted by atomic mass is 35.5. The molecule has 0 unspecified atom stereocenters. The number of hydrogen-bond acceptors (Lipinski definition) is 2. The van der Waals surface area contributed by atoms with E-state index in [9.17, 15) is 9.18 Å². The van der Waals surface area contributed by atoms with Crippen LogP contribution < -0.4 is 0 Å². The van der Waals surface area contributed by atoms with Crippen molar-refractivity contribution in [2.24, 2.45) is 0 Å². The molecule has 0 aliphatic rings. The average molecular weight is 253 g/mol. The predicted octanol–water partition coefficient (Wildman–Crippen LogP) is 3.87. The van der Waals surface area contributed by atoms with Crippen molar-refractivity contribution in [3.63, 3.8) is 0 Å². The van der Waals surface area contributed by atoms with Gasteiger partial charge in [0.25, 0.3) is 0 Å². The fourth-order valence-electron chi connectivity index (χ4n) is 1.52. The van der Waals surface area contributed by atoms with Gasteiger partial charge in [-0.1, -0.05) is 11.6 Å². The molecule has 4 heteroatoms. The molecule has 2 rings (SSSR count). The van der Waals surface area contributed by atoms with Gasteiger partial charge < -0.3 is 4.42 Å². The first kappa shape index (κ1) is 11.9. The molecule has 0 N–H and O–H groups in total. The van der Waals surface area contributed by atoms with Gasteiger partial charge in [-0.25, -0.2) is 4.39 Å². The molecule has 0 saturated carbocycles. The van der Waals surface area contributed by atoms with E-state index in [0.717, 1.165) is 0 Å². The summed E-state index contributed by atoms with van der Waals surface area (Å²) >= 11 is 5.59. The minimum atomic E-state index is -0.492. The predicted molar refractivity (Wildman–Crippen MR) is 63.5 cm³/mol. The Morgan fingerprint density at radius 2 is 2.12 bits per heavy atom. The highest BCUT2D eigenvalue weighted by molar-refractivity contribution is 6.30. The topological polar surface area (TPSA) is 30.2 Å². The molecule has 0 radical (unpaired) electrons. The van der Waals surface area contributed by atoms with Gasteiger partial charge in [-0.2, -0.15) is 0 Å². The zero-order valence-electron chi connectivity index (χ0n) is 9.17. The maximum absolute atomic E-state index is 13.3. The van der Waals surface area contributed by atoms with Crippen molar-refractivity contribution >= 4 is 17.4 Å². The van der Waals surface area contributed by atoms with Gasteiger partial charge >= 0.3 is 0 Å². The van der Waals surface area contributed by atoms with Crippen LogP contribution in [0.3, 0.4) is 0 Å². The summed E-state index contributed by atoms with van der Waals surface area (Å²) in [5.74, 6) is 0.626. The van der Waals surface area contributed by atoms with Crippen LogP contribution in [0.25, 0.3) is 11.3 Å². The van der Waals surface area contributed by atoms with Gasteiger partial charge in [-0.05, 0) is 37.3 Å². The maximum atomic E-state index is 13.3. The number of carbonyl (C=O) groups excluding carboxylic acids is 1. The summed E-state index contributed by atoms with van der Waals surface area (Å²) in [4.78, 5) is 10.9. The minimum absolute atomic E-state index is 0.0215. The Balaban J connectivity index is 2.30. The SMILES string of the molecule is CC(=O)Cc1ccc(-c2ccc(Cl)c(F)c2)o1. The molecular weight excluding hydrogens is 243 g/mol. The van der Waals surface area contributed by atoms with Crippen LogP contribution >= 0.6 is 11.6 Å². The second kappa shape index (κ2) is 4.72. The second-order valence-corrected chi connectivity index (χ2v) is 4.18. The molecule has 0 bridgehead atoms. The summed E-state index contributed by atoms with van der Waals surface area (Å²) in [7, 11) is 0. The van der Waals surface area contributed by atoms with E-state index in [1.807, 2.05) is 0 Å². The van der Waals surface area contributed by atoms with E-state index in [4.69, 9.17) is 16.0 Å². The first-order chi connectivity index (χ1) is 8.06. The van der Waals surface area contributed by atoms with E-state index in [-0.39, 0.29) is 17.2 Å². The van der Waals surface area contributed by atoms with Crippen molar-refractivity contribution in [2.45, 2.75) is 13.3 Å². The van der Waals surface area contributed by atoms with Crippen LogP contribution in [-0.2, 0) is 11.2 Å². The second-order valence-electron chi connectivity index (χ2n) is 3.77. The molecule has 1 aromatic heterocycles. The molecule has 2 nitrogen and oxygen atoms in total. The van der Waals surface area contributed by atoms with Crippen LogP contribution in [-0.4, -0.2) is 5.78 Å². The van der Waals surface area contributed by atoms with Gasteiger partial charge in [0, 0.05) is 5.56 Å². The minimum Gasteiger partial charge on any atom is -0.461 e. The number of carbonyl (C=O) groups is 1. The Bertz CT molecular complexity index is 560. The van der Waals surface area contributed by atoms with E-state index in [1.165, 1.54) is 19.1 Å². The Hall–Kier alpha value is -1.61.